The minimum Gasteiger partial charge on any atom is -0.480 e. The van der Waals surface area contributed by atoms with E-state index in [1.54, 1.807) is 17.8 Å². The number of piperidine rings is 1. The molecule has 0 bridgehead atoms. The zero-order chi connectivity index (χ0) is 27.5. The van der Waals surface area contributed by atoms with E-state index >= 15 is 0 Å². The Morgan fingerprint density at radius 3 is 2.39 bits per heavy atom. The lowest BCUT2D eigenvalue weighted by molar-refractivity contribution is -0.139. The van der Waals surface area contributed by atoms with E-state index in [0.717, 1.165) is 61.0 Å². The lowest BCUT2D eigenvalue weighted by atomic mass is 9.93. The molecule has 0 aliphatic carbocycles. The number of carbonyl (C=O) groups excluding carboxylic acids is 2. The van der Waals surface area contributed by atoms with Crippen molar-refractivity contribution < 1.29 is 19.5 Å². The van der Waals surface area contributed by atoms with Crippen molar-refractivity contribution in [1.29, 1.82) is 0 Å². The van der Waals surface area contributed by atoms with Gasteiger partial charge in [0.25, 0.3) is 5.91 Å². The maximum atomic E-state index is 13.3. The van der Waals surface area contributed by atoms with Crippen LogP contribution in [0.5, 0.6) is 0 Å². The lowest BCUT2D eigenvalue weighted by Gasteiger charge is -2.31. The Morgan fingerprint density at radius 1 is 1.00 bits per heavy atom. The first kappa shape index (κ1) is 29.7. The summed E-state index contributed by atoms with van der Waals surface area (Å²) in [5, 5.41) is 15.8. The molecule has 0 radical (unpaired) electrons. The topological polar surface area (TPSA) is 98.7 Å². The standard InChI is InChI=1S/C30H41N3O4S/c1-4-10-26(29(35)33-16-8-5-9-17-33)31-20-22-13-14-24(25(19-22)23-12-7-6-11-21(23)2)28(34)32-27(30(36)37)15-18-38-3/h6-7,11-14,19,26-27,31H,4-5,8-10,15-18,20H2,1-3H3,(H,32,34)(H,36,37)/t26-,27+/m1/s1. The molecule has 1 fully saturated rings. The average molecular weight is 540 g/mol. The summed E-state index contributed by atoms with van der Waals surface area (Å²) in [6, 6.07) is 12.3. The predicted molar refractivity (Wildman–Crippen MR) is 154 cm³/mol. The number of hydrogen-bond acceptors (Lipinski definition) is 5. The smallest absolute Gasteiger partial charge is 0.326 e. The maximum absolute atomic E-state index is 13.3. The number of nitrogens with one attached hydrogen (secondary N) is 2. The molecule has 1 aliphatic rings. The fourth-order valence-corrected chi connectivity index (χ4v) is 5.38. The number of amides is 2. The van der Waals surface area contributed by atoms with E-state index in [1.165, 1.54) is 6.42 Å². The molecule has 0 saturated carbocycles. The van der Waals surface area contributed by atoms with Crippen molar-refractivity contribution in [2.24, 2.45) is 0 Å². The molecule has 2 atom stereocenters. The predicted octanol–water partition coefficient (Wildman–Crippen LogP) is 4.87. The normalized spacial score (nSPS) is 15.1. The van der Waals surface area contributed by atoms with Crippen molar-refractivity contribution in [2.45, 2.75) is 71.0 Å². The highest BCUT2D eigenvalue weighted by atomic mass is 32.2. The molecule has 1 saturated heterocycles. The van der Waals surface area contributed by atoms with Gasteiger partial charge in [-0.05, 0) is 85.4 Å². The van der Waals surface area contributed by atoms with Crippen LogP contribution >= 0.6 is 11.8 Å². The van der Waals surface area contributed by atoms with Gasteiger partial charge in [0.2, 0.25) is 5.91 Å². The van der Waals surface area contributed by atoms with Gasteiger partial charge >= 0.3 is 5.97 Å². The van der Waals surface area contributed by atoms with Crippen molar-refractivity contribution in [1.82, 2.24) is 15.5 Å². The van der Waals surface area contributed by atoms with Crippen LogP contribution in [0.4, 0.5) is 0 Å². The highest BCUT2D eigenvalue weighted by Crippen LogP contribution is 2.28. The van der Waals surface area contributed by atoms with Gasteiger partial charge in [0.15, 0.2) is 0 Å². The Hall–Kier alpha value is -2.84. The van der Waals surface area contributed by atoms with Gasteiger partial charge in [-0.3, -0.25) is 9.59 Å². The number of aryl methyl sites for hydroxylation is 1. The first-order valence-corrected chi connectivity index (χ1v) is 15.0. The summed E-state index contributed by atoms with van der Waals surface area (Å²) in [5.74, 6) is -0.625. The molecule has 2 amide bonds. The third-order valence-electron chi connectivity index (χ3n) is 7.07. The average Bonchev–Trinajstić information content (AvgIpc) is 2.93. The van der Waals surface area contributed by atoms with Crippen LogP contribution < -0.4 is 10.6 Å². The molecule has 2 aromatic carbocycles. The molecule has 7 nitrogen and oxygen atoms in total. The highest BCUT2D eigenvalue weighted by molar-refractivity contribution is 7.98. The third-order valence-corrected chi connectivity index (χ3v) is 7.72. The van der Waals surface area contributed by atoms with Gasteiger partial charge in [0.1, 0.15) is 6.04 Å². The van der Waals surface area contributed by atoms with E-state index in [0.29, 0.717) is 24.3 Å². The third kappa shape index (κ3) is 8.08. The Labute approximate surface area is 230 Å². The van der Waals surface area contributed by atoms with Gasteiger partial charge in [-0.15, -0.1) is 0 Å². The largest absolute Gasteiger partial charge is 0.480 e. The van der Waals surface area contributed by atoms with Crippen molar-refractivity contribution in [2.75, 3.05) is 25.1 Å². The number of likely N-dealkylation sites (tertiary alicyclic amines) is 1. The summed E-state index contributed by atoms with van der Waals surface area (Å²) < 4.78 is 0. The second-order valence-corrected chi connectivity index (χ2v) is 10.9. The molecular weight excluding hydrogens is 498 g/mol. The first-order valence-electron chi connectivity index (χ1n) is 13.6. The number of nitrogens with zero attached hydrogens (tertiary/aromatic N) is 1. The highest BCUT2D eigenvalue weighted by Gasteiger charge is 2.25. The summed E-state index contributed by atoms with van der Waals surface area (Å²) >= 11 is 1.55. The van der Waals surface area contributed by atoms with Crippen molar-refractivity contribution in [3.63, 3.8) is 0 Å². The van der Waals surface area contributed by atoms with Crippen LogP contribution in [-0.4, -0.2) is 65.0 Å². The van der Waals surface area contributed by atoms with Gasteiger partial charge in [-0.2, -0.15) is 11.8 Å². The van der Waals surface area contributed by atoms with Crippen molar-refractivity contribution in [3.05, 3.63) is 59.2 Å². The molecular formula is C30H41N3O4S. The Balaban J connectivity index is 1.85. The number of carbonyl (C=O) groups is 3. The van der Waals surface area contributed by atoms with Crippen molar-refractivity contribution >= 4 is 29.5 Å². The number of benzene rings is 2. The number of rotatable bonds is 13. The second kappa shape index (κ2) is 14.9. The summed E-state index contributed by atoms with van der Waals surface area (Å²) in [5.41, 5.74) is 4.10. The van der Waals surface area contributed by atoms with Gasteiger partial charge in [-0.1, -0.05) is 43.7 Å². The molecule has 1 aliphatic heterocycles. The molecule has 8 heteroatoms. The lowest BCUT2D eigenvalue weighted by Crippen LogP contribution is -2.48. The van der Waals surface area contributed by atoms with Crippen LogP contribution in [0.2, 0.25) is 0 Å². The molecule has 1 heterocycles. The molecule has 38 heavy (non-hydrogen) atoms. The van der Waals surface area contributed by atoms with Gasteiger partial charge in [-0.25, -0.2) is 4.79 Å². The summed E-state index contributed by atoms with van der Waals surface area (Å²) in [6.07, 6.45) is 7.26. The number of carboxylic acid groups (broad SMARTS) is 1. The Kier molecular flexibility index (Phi) is 11.7. The fraction of sp³-hybridized carbons (Fsp3) is 0.500. The van der Waals surface area contributed by atoms with Gasteiger partial charge in [0.05, 0.1) is 6.04 Å². The van der Waals surface area contributed by atoms with E-state index < -0.39 is 17.9 Å². The van der Waals surface area contributed by atoms with E-state index in [4.69, 9.17) is 0 Å². The SMILES string of the molecule is CCC[C@@H](NCc1ccc(C(=O)N[C@@H](CCSC)C(=O)O)c(-c2ccccc2C)c1)C(=O)N1CCCCC1. The van der Waals surface area contributed by atoms with Gasteiger partial charge in [0, 0.05) is 25.2 Å². The number of carboxylic acids is 1. The summed E-state index contributed by atoms with van der Waals surface area (Å²) in [4.78, 5) is 40.2. The molecule has 3 N–H and O–H groups in total. The zero-order valence-electron chi connectivity index (χ0n) is 22.8. The quantitative estimate of drug-likeness (QED) is 0.336. The number of thioether (sulfide) groups is 1. The minimum atomic E-state index is -1.04. The molecule has 0 spiro atoms. The van der Waals surface area contributed by atoms with E-state index in [1.807, 2.05) is 54.5 Å². The van der Waals surface area contributed by atoms with E-state index in [2.05, 4.69) is 17.6 Å². The molecule has 0 unspecified atom stereocenters. The van der Waals surface area contributed by atoms with Crippen LogP contribution in [-0.2, 0) is 16.1 Å². The van der Waals surface area contributed by atoms with Gasteiger partial charge < -0.3 is 20.6 Å². The first-order chi connectivity index (χ1) is 18.3. The van der Waals surface area contributed by atoms with Crippen LogP contribution in [0, 0.1) is 6.92 Å². The number of aliphatic carboxylic acids is 1. The monoisotopic (exact) mass is 539 g/mol. The molecule has 0 aromatic heterocycles. The van der Waals surface area contributed by atoms with E-state index in [-0.39, 0.29) is 11.9 Å². The van der Waals surface area contributed by atoms with Crippen LogP contribution in [0.1, 0.15) is 66.9 Å². The minimum absolute atomic E-state index is 0.173. The fourth-order valence-electron chi connectivity index (χ4n) is 4.90. The second-order valence-electron chi connectivity index (χ2n) is 9.95. The number of hydrogen-bond donors (Lipinski definition) is 3. The maximum Gasteiger partial charge on any atom is 0.326 e. The van der Waals surface area contributed by atoms with Crippen LogP contribution in [0.25, 0.3) is 11.1 Å². The molecule has 3 rings (SSSR count). The molecule has 2 aromatic rings. The summed E-state index contributed by atoms with van der Waals surface area (Å²) in [6.45, 7) is 6.24. The zero-order valence-corrected chi connectivity index (χ0v) is 23.6. The Bertz CT molecular complexity index is 1100. The van der Waals surface area contributed by atoms with Crippen molar-refractivity contribution in [3.8, 4) is 11.1 Å². The van der Waals surface area contributed by atoms with Crippen LogP contribution in [0.15, 0.2) is 42.5 Å². The van der Waals surface area contributed by atoms with E-state index in [9.17, 15) is 19.5 Å². The van der Waals surface area contributed by atoms with Crippen LogP contribution in [0.3, 0.4) is 0 Å². The molecule has 206 valence electrons. The Morgan fingerprint density at radius 2 is 1.74 bits per heavy atom. The summed E-state index contributed by atoms with van der Waals surface area (Å²) in [7, 11) is 0.